The summed E-state index contributed by atoms with van der Waals surface area (Å²) in [4.78, 5) is 12.0. The van der Waals surface area contributed by atoms with E-state index < -0.39 is 0 Å². The van der Waals surface area contributed by atoms with Crippen molar-refractivity contribution in [1.82, 2.24) is 0 Å². The number of carbonyl (C=O) groups excluding carboxylic acids is 1. The molecule has 0 aliphatic carbocycles. The quantitative estimate of drug-likeness (QED) is 0.786. The van der Waals surface area contributed by atoms with E-state index in [1.807, 2.05) is 13.8 Å². The Balaban J connectivity index is 2.80. The van der Waals surface area contributed by atoms with E-state index in [1.54, 1.807) is 18.2 Å². The van der Waals surface area contributed by atoms with E-state index in [4.69, 9.17) is 27.9 Å². The van der Waals surface area contributed by atoms with Crippen LogP contribution in [0.4, 0.5) is 0 Å². The van der Waals surface area contributed by atoms with E-state index in [2.05, 4.69) is 0 Å². The number of hydrogen-bond acceptors (Lipinski definition) is 2. The Bertz CT molecular complexity index is 371. The largest absolute Gasteiger partial charge is 0.371 e. The first-order valence-corrected chi connectivity index (χ1v) is 6.42. The zero-order valence-corrected chi connectivity index (χ0v) is 11.5. The summed E-state index contributed by atoms with van der Waals surface area (Å²) in [6, 6.07) is 5.23. The Morgan fingerprint density at radius 1 is 1.29 bits per heavy atom. The highest BCUT2D eigenvalue weighted by Gasteiger charge is 2.19. The van der Waals surface area contributed by atoms with Gasteiger partial charge in [-0.3, -0.25) is 4.79 Å². The van der Waals surface area contributed by atoms with Gasteiger partial charge in [0.05, 0.1) is 0 Å². The fraction of sp³-hybridized carbons (Fsp3) is 0.462. The van der Waals surface area contributed by atoms with Crippen LogP contribution in [0.3, 0.4) is 0 Å². The van der Waals surface area contributed by atoms with Gasteiger partial charge < -0.3 is 4.74 Å². The number of hydrogen-bond donors (Lipinski definition) is 0. The lowest BCUT2D eigenvalue weighted by atomic mass is 10.0. The molecule has 0 spiro atoms. The molecule has 0 heterocycles. The molecule has 1 rings (SSSR count). The van der Waals surface area contributed by atoms with Gasteiger partial charge in [-0.25, -0.2) is 0 Å². The summed E-state index contributed by atoms with van der Waals surface area (Å²) in [5.74, 6) is 0.0179. The van der Waals surface area contributed by atoms with Crippen LogP contribution in [0.1, 0.15) is 25.8 Å². The average Bonchev–Trinajstić information content (AvgIpc) is 2.30. The number of ketones is 1. The highest BCUT2D eigenvalue weighted by atomic mass is 35.5. The Morgan fingerprint density at radius 3 is 2.35 bits per heavy atom. The molecule has 0 saturated heterocycles. The molecule has 1 unspecified atom stereocenters. The number of Topliss-reactive ketones (excluding diaryl/α,β-unsaturated/α-hetero) is 1. The van der Waals surface area contributed by atoms with Crippen molar-refractivity contribution in [3.8, 4) is 0 Å². The van der Waals surface area contributed by atoms with Gasteiger partial charge in [0.2, 0.25) is 0 Å². The zero-order chi connectivity index (χ0) is 12.8. The molecule has 0 aromatic heterocycles. The molecule has 1 atom stereocenters. The van der Waals surface area contributed by atoms with Crippen molar-refractivity contribution in [3.05, 3.63) is 33.8 Å². The van der Waals surface area contributed by atoms with Crippen LogP contribution < -0.4 is 0 Å². The van der Waals surface area contributed by atoms with Crippen LogP contribution in [0.2, 0.25) is 10.0 Å². The van der Waals surface area contributed by atoms with Crippen molar-refractivity contribution in [2.75, 3.05) is 6.61 Å². The number of carbonyl (C=O) groups is 1. The normalized spacial score (nSPS) is 12.5. The van der Waals surface area contributed by atoms with Gasteiger partial charge >= 0.3 is 0 Å². The van der Waals surface area contributed by atoms with Crippen LogP contribution in [0.15, 0.2) is 18.2 Å². The van der Waals surface area contributed by atoms with Crippen molar-refractivity contribution in [3.63, 3.8) is 0 Å². The third-order valence-corrected chi connectivity index (χ3v) is 3.22. The second kappa shape index (κ2) is 7.00. The van der Waals surface area contributed by atoms with E-state index in [1.165, 1.54) is 0 Å². The van der Waals surface area contributed by atoms with Gasteiger partial charge in [0.1, 0.15) is 6.10 Å². The topological polar surface area (TPSA) is 26.3 Å². The third kappa shape index (κ3) is 3.98. The van der Waals surface area contributed by atoms with Crippen LogP contribution >= 0.6 is 23.2 Å². The van der Waals surface area contributed by atoms with Crippen molar-refractivity contribution in [1.29, 1.82) is 0 Å². The standard InChI is InChI=1S/C13H16Cl2O2/c1-3-13(17-4-2)12(16)8-9-10(14)6-5-7-11(9)15/h5-7,13H,3-4,8H2,1-2H3. The van der Waals surface area contributed by atoms with Crippen molar-refractivity contribution in [2.45, 2.75) is 32.8 Å². The average molecular weight is 275 g/mol. The highest BCUT2D eigenvalue weighted by Crippen LogP contribution is 2.25. The lowest BCUT2D eigenvalue weighted by Gasteiger charge is -2.14. The summed E-state index contributed by atoms with van der Waals surface area (Å²) in [5.41, 5.74) is 0.680. The zero-order valence-electron chi connectivity index (χ0n) is 10.0. The van der Waals surface area contributed by atoms with Gasteiger partial charge in [-0.2, -0.15) is 0 Å². The molecular formula is C13H16Cl2O2. The lowest BCUT2D eigenvalue weighted by Crippen LogP contribution is -2.25. The summed E-state index contributed by atoms with van der Waals surface area (Å²) >= 11 is 12.0. The maximum absolute atomic E-state index is 12.0. The number of halogens is 2. The smallest absolute Gasteiger partial charge is 0.165 e. The maximum atomic E-state index is 12.0. The summed E-state index contributed by atoms with van der Waals surface area (Å²) < 4.78 is 5.37. The van der Waals surface area contributed by atoms with E-state index in [0.717, 1.165) is 0 Å². The van der Waals surface area contributed by atoms with Crippen molar-refractivity contribution >= 4 is 29.0 Å². The molecule has 2 nitrogen and oxygen atoms in total. The first-order chi connectivity index (χ1) is 8.10. The molecule has 1 aromatic carbocycles. The van der Waals surface area contributed by atoms with Crippen molar-refractivity contribution in [2.24, 2.45) is 0 Å². The molecule has 0 N–H and O–H groups in total. The van der Waals surface area contributed by atoms with Crippen LogP contribution in [0, 0.1) is 0 Å². The molecule has 0 aliphatic rings. The second-order valence-corrected chi connectivity index (χ2v) is 4.51. The first-order valence-electron chi connectivity index (χ1n) is 5.67. The van der Waals surface area contributed by atoms with E-state index in [9.17, 15) is 4.79 Å². The fourth-order valence-electron chi connectivity index (χ4n) is 1.63. The number of benzene rings is 1. The molecule has 0 saturated carbocycles. The van der Waals surface area contributed by atoms with Crippen LogP contribution in [-0.2, 0) is 16.0 Å². The molecular weight excluding hydrogens is 259 g/mol. The minimum absolute atomic E-state index is 0.0179. The fourth-order valence-corrected chi connectivity index (χ4v) is 2.16. The molecule has 0 aliphatic heterocycles. The first kappa shape index (κ1) is 14.5. The van der Waals surface area contributed by atoms with Crippen molar-refractivity contribution < 1.29 is 9.53 Å². The van der Waals surface area contributed by atoms with E-state index in [-0.39, 0.29) is 18.3 Å². The van der Waals surface area contributed by atoms with Gasteiger partial charge in [-0.05, 0) is 31.0 Å². The Labute approximate surface area is 112 Å². The summed E-state index contributed by atoms with van der Waals surface area (Å²) in [7, 11) is 0. The minimum atomic E-state index is -0.368. The third-order valence-electron chi connectivity index (χ3n) is 2.51. The Kier molecular flexibility index (Phi) is 5.96. The Hall–Kier alpha value is -0.570. The van der Waals surface area contributed by atoms with Gasteiger partial charge in [0, 0.05) is 23.1 Å². The molecule has 94 valence electrons. The predicted molar refractivity (Wildman–Crippen MR) is 70.9 cm³/mol. The lowest BCUT2D eigenvalue weighted by molar-refractivity contribution is -0.129. The molecule has 0 radical (unpaired) electrons. The molecule has 0 fully saturated rings. The monoisotopic (exact) mass is 274 g/mol. The Morgan fingerprint density at radius 2 is 1.88 bits per heavy atom. The SMILES string of the molecule is CCOC(CC)C(=O)Cc1c(Cl)cccc1Cl. The van der Waals surface area contributed by atoms with Crippen LogP contribution in [-0.4, -0.2) is 18.5 Å². The predicted octanol–water partition coefficient (Wildman–Crippen LogP) is 3.92. The molecule has 0 amide bonds. The highest BCUT2D eigenvalue weighted by molar-refractivity contribution is 6.36. The van der Waals surface area contributed by atoms with Crippen LogP contribution in [0.5, 0.6) is 0 Å². The molecule has 4 heteroatoms. The van der Waals surface area contributed by atoms with Crippen LogP contribution in [0.25, 0.3) is 0 Å². The molecule has 1 aromatic rings. The number of ether oxygens (including phenoxy) is 1. The minimum Gasteiger partial charge on any atom is -0.371 e. The second-order valence-electron chi connectivity index (χ2n) is 3.70. The molecule has 17 heavy (non-hydrogen) atoms. The summed E-state index contributed by atoms with van der Waals surface area (Å²) in [6.45, 7) is 4.32. The van der Waals surface area contributed by atoms with Gasteiger partial charge in [-0.15, -0.1) is 0 Å². The molecule has 0 bridgehead atoms. The summed E-state index contributed by atoms with van der Waals surface area (Å²) in [5, 5.41) is 1.05. The summed E-state index contributed by atoms with van der Waals surface area (Å²) in [6.07, 6.45) is 0.513. The maximum Gasteiger partial charge on any atom is 0.165 e. The van der Waals surface area contributed by atoms with Gasteiger partial charge in [-0.1, -0.05) is 36.2 Å². The van der Waals surface area contributed by atoms with Gasteiger partial charge in [0.25, 0.3) is 0 Å². The van der Waals surface area contributed by atoms with Gasteiger partial charge in [0.15, 0.2) is 5.78 Å². The number of rotatable bonds is 6. The van der Waals surface area contributed by atoms with E-state index in [0.29, 0.717) is 28.6 Å². The van der Waals surface area contributed by atoms with E-state index >= 15 is 0 Å².